The van der Waals surface area contributed by atoms with Gasteiger partial charge in [0.05, 0.1) is 13.5 Å². The molecule has 1 amide bonds. The molecular formula is C32H38FN3O3. The monoisotopic (exact) mass is 531 g/mol. The van der Waals surface area contributed by atoms with Crippen molar-refractivity contribution < 1.29 is 18.8 Å². The first kappa shape index (κ1) is 29.6. The molecule has 1 aliphatic heterocycles. The third-order valence-corrected chi connectivity index (χ3v) is 6.82. The Labute approximate surface area is 231 Å². The molecule has 39 heavy (non-hydrogen) atoms. The number of rotatable bonds is 9. The number of aryl methyl sites for hydroxylation is 1. The molecule has 7 heteroatoms. The lowest BCUT2D eigenvalue weighted by molar-refractivity contribution is -0.132. The maximum atomic E-state index is 12.9. The van der Waals surface area contributed by atoms with Crippen LogP contribution >= 0.6 is 0 Å². The molecule has 0 aliphatic carbocycles. The summed E-state index contributed by atoms with van der Waals surface area (Å²) in [6, 6.07) is 24.8. The lowest BCUT2D eigenvalue weighted by atomic mass is 9.89. The molecular weight excluding hydrogens is 493 g/mol. The fourth-order valence-corrected chi connectivity index (χ4v) is 4.59. The van der Waals surface area contributed by atoms with Crippen LogP contribution in [0.25, 0.3) is 0 Å². The average Bonchev–Trinajstić information content (AvgIpc) is 2.99. The zero-order valence-corrected chi connectivity index (χ0v) is 22.9. The van der Waals surface area contributed by atoms with E-state index in [-0.39, 0.29) is 11.7 Å². The van der Waals surface area contributed by atoms with Crippen molar-refractivity contribution in [2.24, 2.45) is 10.1 Å². The first-order valence-electron chi connectivity index (χ1n) is 13.3. The summed E-state index contributed by atoms with van der Waals surface area (Å²) in [6.07, 6.45) is 4.92. The average molecular weight is 532 g/mol. The highest BCUT2D eigenvalue weighted by molar-refractivity contribution is 5.78. The van der Waals surface area contributed by atoms with E-state index in [0.29, 0.717) is 24.7 Å². The van der Waals surface area contributed by atoms with Crippen molar-refractivity contribution in [1.29, 1.82) is 0 Å². The molecule has 1 saturated heterocycles. The van der Waals surface area contributed by atoms with Gasteiger partial charge < -0.3 is 14.5 Å². The van der Waals surface area contributed by atoms with Crippen LogP contribution in [0.2, 0.25) is 0 Å². The van der Waals surface area contributed by atoms with E-state index in [1.807, 2.05) is 35.2 Å². The number of carbonyl (C=O) groups is 1. The second kappa shape index (κ2) is 16.1. The maximum absolute atomic E-state index is 12.9. The number of piperidine rings is 1. The third-order valence-electron chi connectivity index (χ3n) is 6.82. The number of hydrogen-bond donors (Lipinski definition) is 0. The molecule has 0 atom stereocenters. The molecule has 0 saturated carbocycles. The lowest BCUT2D eigenvalue weighted by Gasteiger charge is -2.32. The van der Waals surface area contributed by atoms with Crippen LogP contribution in [0.5, 0.6) is 5.75 Å². The summed E-state index contributed by atoms with van der Waals surface area (Å²) in [6.45, 7) is 4.96. The highest BCUT2D eigenvalue weighted by Crippen LogP contribution is 2.28. The fourth-order valence-electron chi connectivity index (χ4n) is 4.59. The van der Waals surface area contributed by atoms with Gasteiger partial charge in [-0.3, -0.25) is 9.79 Å². The van der Waals surface area contributed by atoms with E-state index in [9.17, 15) is 9.18 Å². The topological polar surface area (TPSA) is 63.5 Å². The number of carbonyl (C=O) groups excluding carboxylic acids is 1. The van der Waals surface area contributed by atoms with Gasteiger partial charge >= 0.3 is 0 Å². The summed E-state index contributed by atoms with van der Waals surface area (Å²) < 4.78 is 17.9. The van der Waals surface area contributed by atoms with Gasteiger partial charge in [0.1, 0.15) is 11.6 Å². The number of hydrogen-bond acceptors (Lipinski definition) is 5. The van der Waals surface area contributed by atoms with E-state index in [1.165, 1.54) is 17.7 Å². The SMILES string of the molecule is C=NOC(Cc1ccc(OC)cc1)=NC.O=C(CCCc1ccc(F)cc1)N1CCC(c2ccccc2)CC1. The van der Waals surface area contributed by atoms with Gasteiger partial charge in [-0.15, -0.1) is 0 Å². The largest absolute Gasteiger partial charge is 0.497 e. The van der Waals surface area contributed by atoms with Crippen LogP contribution in [0.15, 0.2) is 89.0 Å². The van der Waals surface area contributed by atoms with Crippen molar-refractivity contribution in [1.82, 2.24) is 4.90 Å². The predicted octanol–water partition coefficient (Wildman–Crippen LogP) is 6.45. The highest BCUT2D eigenvalue weighted by atomic mass is 19.1. The van der Waals surface area contributed by atoms with Crippen molar-refractivity contribution in [3.63, 3.8) is 0 Å². The number of halogens is 1. The molecule has 3 aromatic carbocycles. The van der Waals surface area contributed by atoms with E-state index in [0.717, 1.165) is 55.6 Å². The molecule has 0 aromatic heterocycles. The second-order valence-corrected chi connectivity index (χ2v) is 9.41. The molecule has 0 bridgehead atoms. The molecule has 0 N–H and O–H groups in total. The van der Waals surface area contributed by atoms with Crippen LogP contribution in [0.1, 0.15) is 48.3 Å². The highest BCUT2D eigenvalue weighted by Gasteiger charge is 2.23. The maximum Gasteiger partial charge on any atom is 0.224 e. The molecule has 1 aliphatic rings. The van der Waals surface area contributed by atoms with Crippen LogP contribution in [0.4, 0.5) is 4.39 Å². The van der Waals surface area contributed by atoms with Gasteiger partial charge in [0.15, 0.2) is 0 Å². The Morgan fingerprint density at radius 3 is 2.21 bits per heavy atom. The van der Waals surface area contributed by atoms with Crippen LogP contribution in [0, 0.1) is 5.82 Å². The van der Waals surface area contributed by atoms with Crippen molar-refractivity contribution in [2.75, 3.05) is 27.2 Å². The quantitative estimate of drug-likeness (QED) is 0.181. The number of oxime groups is 1. The van der Waals surface area contributed by atoms with Crippen molar-refractivity contribution in [3.05, 3.63) is 101 Å². The van der Waals surface area contributed by atoms with Gasteiger partial charge in [0.25, 0.3) is 0 Å². The number of ether oxygens (including phenoxy) is 1. The normalized spacial score (nSPS) is 13.7. The molecule has 0 unspecified atom stereocenters. The first-order chi connectivity index (χ1) is 19.0. The minimum atomic E-state index is -0.212. The summed E-state index contributed by atoms with van der Waals surface area (Å²) in [5, 5.41) is 3.33. The number of benzene rings is 3. The van der Waals surface area contributed by atoms with Crippen LogP contribution in [0.3, 0.4) is 0 Å². The van der Waals surface area contributed by atoms with E-state index >= 15 is 0 Å². The summed E-state index contributed by atoms with van der Waals surface area (Å²) in [7, 11) is 3.29. The Morgan fingerprint density at radius 1 is 0.974 bits per heavy atom. The van der Waals surface area contributed by atoms with E-state index in [2.05, 4.69) is 41.1 Å². The zero-order chi connectivity index (χ0) is 27.9. The Morgan fingerprint density at radius 2 is 1.62 bits per heavy atom. The molecule has 1 heterocycles. The second-order valence-electron chi connectivity index (χ2n) is 9.41. The standard InChI is InChI=1S/C21H24FNO.C11H14N2O2/c22-20-11-9-17(10-12-20)5-4-8-21(24)23-15-13-19(14-16-23)18-6-2-1-3-7-18;1-12-11(15-13-2)8-9-4-6-10(14-3)7-5-9/h1-3,6-7,9-12,19H,4-5,8,13-16H2;4-7H,2,8H2,1,3H3. The Kier molecular flexibility index (Phi) is 12.2. The Bertz CT molecular complexity index is 1170. The van der Waals surface area contributed by atoms with Gasteiger partial charge in [-0.1, -0.05) is 59.8 Å². The molecule has 0 radical (unpaired) electrons. The summed E-state index contributed by atoms with van der Waals surface area (Å²) in [5.41, 5.74) is 3.56. The van der Waals surface area contributed by atoms with E-state index in [4.69, 9.17) is 9.57 Å². The number of methoxy groups -OCH3 is 1. The fraction of sp³-hybridized carbons (Fsp3) is 0.344. The smallest absolute Gasteiger partial charge is 0.224 e. The number of amides is 1. The minimum Gasteiger partial charge on any atom is -0.497 e. The van der Waals surface area contributed by atoms with Crippen molar-refractivity contribution in [2.45, 2.75) is 44.4 Å². The number of likely N-dealkylation sites (tertiary alicyclic amines) is 1. The van der Waals surface area contributed by atoms with Gasteiger partial charge in [0, 0.05) is 33.3 Å². The van der Waals surface area contributed by atoms with Crippen LogP contribution < -0.4 is 4.74 Å². The molecule has 206 valence electrons. The molecule has 0 spiro atoms. The van der Waals surface area contributed by atoms with Gasteiger partial charge in [-0.25, -0.2) is 4.39 Å². The Balaban J connectivity index is 0.000000242. The predicted molar refractivity (Wildman–Crippen MR) is 155 cm³/mol. The lowest BCUT2D eigenvalue weighted by Crippen LogP contribution is -2.37. The number of nitrogens with zero attached hydrogens (tertiary/aromatic N) is 3. The van der Waals surface area contributed by atoms with E-state index < -0.39 is 0 Å². The molecule has 1 fully saturated rings. The third kappa shape index (κ3) is 10.0. The van der Waals surface area contributed by atoms with Gasteiger partial charge in [-0.05, 0) is 72.6 Å². The van der Waals surface area contributed by atoms with E-state index in [1.54, 1.807) is 26.3 Å². The van der Waals surface area contributed by atoms with Gasteiger partial charge in [-0.2, -0.15) is 0 Å². The van der Waals surface area contributed by atoms with Crippen LogP contribution in [-0.2, 0) is 22.5 Å². The number of aliphatic imine (C=N–C) groups is 1. The molecule has 4 rings (SSSR count). The van der Waals surface area contributed by atoms with Crippen LogP contribution in [-0.4, -0.2) is 50.7 Å². The summed E-state index contributed by atoms with van der Waals surface area (Å²) in [5.74, 6) is 1.99. The minimum absolute atomic E-state index is 0.212. The van der Waals surface area contributed by atoms with Crippen molar-refractivity contribution in [3.8, 4) is 5.75 Å². The molecule has 6 nitrogen and oxygen atoms in total. The molecule has 3 aromatic rings. The first-order valence-corrected chi connectivity index (χ1v) is 13.3. The van der Waals surface area contributed by atoms with Crippen molar-refractivity contribution >= 4 is 18.5 Å². The van der Waals surface area contributed by atoms with Gasteiger partial charge in [0.2, 0.25) is 11.8 Å². The zero-order valence-electron chi connectivity index (χ0n) is 22.9. The Hall–Kier alpha value is -4.00. The summed E-state index contributed by atoms with van der Waals surface area (Å²) in [4.78, 5) is 23.2. The summed E-state index contributed by atoms with van der Waals surface area (Å²) >= 11 is 0.